The molecule has 1 aromatic carbocycles. The molecule has 0 atom stereocenters. The Morgan fingerprint density at radius 1 is 1.28 bits per heavy atom. The van der Waals surface area contributed by atoms with Gasteiger partial charge in [-0.1, -0.05) is 12.1 Å². The highest BCUT2D eigenvalue weighted by Crippen LogP contribution is 2.30. The fourth-order valence-corrected chi connectivity index (χ4v) is 2.44. The summed E-state index contributed by atoms with van der Waals surface area (Å²) in [7, 11) is 1.82. The Balaban J connectivity index is 2.45. The Labute approximate surface area is 107 Å². The molecule has 94 valence electrons. The zero-order valence-electron chi connectivity index (χ0n) is 11.0. The first-order chi connectivity index (χ1) is 8.48. The molecule has 1 fully saturated rings. The number of anilines is 1. The number of benzene rings is 1. The molecule has 0 N–H and O–H groups in total. The van der Waals surface area contributed by atoms with E-state index in [0.717, 1.165) is 12.2 Å². The van der Waals surface area contributed by atoms with Crippen molar-refractivity contribution in [2.75, 3.05) is 25.0 Å². The first kappa shape index (κ1) is 12.4. The summed E-state index contributed by atoms with van der Waals surface area (Å²) in [5.74, 6) is 0.0847. The van der Waals surface area contributed by atoms with Gasteiger partial charge in [0.15, 0.2) is 0 Å². The molecule has 1 saturated heterocycles. The van der Waals surface area contributed by atoms with Crippen LogP contribution in [-0.2, 0) is 4.79 Å². The molecule has 0 saturated carbocycles. The summed E-state index contributed by atoms with van der Waals surface area (Å²) >= 11 is 0. The van der Waals surface area contributed by atoms with Gasteiger partial charge in [0.2, 0.25) is 5.91 Å². The van der Waals surface area contributed by atoms with Crippen LogP contribution in [0.2, 0.25) is 0 Å². The molecule has 0 aliphatic carbocycles. The normalized spacial score (nSPS) is 18.7. The monoisotopic (exact) mass is 243 g/mol. The highest BCUT2D eigenvalue weighted by Gasteiger charge is 2.41. The van der Waals surface area contributed by atoms with E-state index in [2.05, 4.69) is 6.07 Å². The molecular formula is C14H17N3O. The SMILES string of the molecule is CN1CCN(c2ccccc2C#N)C(C)(C)C1=O. The van der Waals surface area contributed by atoms with Gasteiger partial charge in [-0.05, 0) is 26.0 Å². The Hall–Kier alpha value is -2.02. The van der Waals surface area contributed by atoms with E-state index in [1.807, 2.05) is 44.0 Å². The number of likely N-dealkylation sites (N-methyl/N-ethyl adjacent to an activating group) is 1. The maximum absolute atomic E-state index is 12.2. The van der Waals surface area contributed by atoms with Crippen LogP contribution in [0, 0.1) is 11.3 Å². The maximum Gasteiger partial charge on any atom is 0.247 e. The lowest BCUT2D eigenvalue weighted by Crippen LogP contribution is -2.62. The zero-order chi connectivity index (χ0) is 13.3. The number of hydrogen-bond acceptors (Lipinski definition) is 3. The summed E-state index contributed by atoms with van der Waals surface area (Å²) < 4.78 is 0. The molecule has 0 radical (unpaired) electrons. The van der Waals surface area contributed by atoms with Gasteiger partial charge < -0.3 is 9.80 Å². The van der Waals surface area contributed by atoms with Crippen molar-refractivity contribution in [1.29, 1.82) is 5.26 Å². The van der Waals surface area contributed by atoms with E-state index in [0.29, 0.717) is 12.1 Å². The van der Waals surface area contributed by atoms with Gasteiger partial charge >= 0.3 is 0 Å². The zero-order valence-corrected chi connectivity index (χ0v) is 11.0. The second kappa shape index (κ2) is 4.34. The molecule has 1 aliphatic heterocycles. The molecule has 0 bridgehead atoms. The predicted octanol–water partition coefficient (Wildman–Crippen LogP) is 1.62. The molecule has 4 heteroatoms. The van der Waals surface area contributed by atoms with Crippen LogP contribution in [0.1, 0.15) is 19.4 Å². The second-order valence-electron chi connectivity index (χ2n) is 5.07. The first-order valence-corrected chi connectivity index (χ1v) is 6.01. The third-order valence-corrected chi connectivity index (χ3v) is 3.52. The van der Waals surface area contributed by atoms with Crippen LogP contribution < -0.4 is 4.90 Å². The van der Waals surface area contributed by atoms with E-state index in [9.17, 15) is 4.79 Å². The largest absolute Gasteiger partial charge is 0.355 e. The third-order valence-electron chi connectivity index (χ3n) is 3.52. The van der Waals surface area contributed by atoms with Gasteiger partial charge in [-0.2, -0.15) is 5.26 Å². The number of carbonyl (C=O) groups excluding carboxylic acids is 1. The maximum atomic E-state index is 12.2. The Morgan fingerprint density at radius 2 is 1.94 bits per heavy atom. The molecule has 0 spiro atoms. The van der Waals surface area contributed by atoms with Crippen LogP contribution in [0.25, 0.3) is 0 Å². The van der Waals surface area contributed by atoms with Gasteiger partial charge in [-0.25, -0.2) is 0 Å². The lowest BCUT2D eigenvalue weighted by molar-refractivity contribution is -0.136. The number of hydrogen-bond donors (Lipinski definition) is 0. The molecule has 1 amide bonds. The number of piperazine rings is 1. The van der Waals surface area contributed by atoms with Crippen LogP contribution in [-0.4, -0.2) is 36.5 Å². The Morgan fingerprint density at radius 3 is 2.61 bits per heavy atom. The van der Waals surface area contributed by atoms with Gasteiger partial charge in [0, 0.05) is 20.1 Å². The van der Waals surface area contributed by atoms with Crippen LogP contribution in [0.5, 0.6) is 0 Å². The number of rotatable bonds is 1. The topological polar surface area (TPSA) is 47.3 Å². The smallest absolute Gasteiger partial charge is 0.247 e. The quantitative estimate of drug-likeness (QED) is 0.753. The van der Waals surface area contributed by atoms with Crippen molar-refractivity contribution in [3.8, 4) is 6.07 Å². The minimum Gasteiger partial charge on any atom is -0.355 e. The number of para-hydroxylation sites is 1. The van der Waals surface area contributed by atoms with Gasteiger partial charge in [0.05, 0.1) is 11.3 Å². The van der Waals surface area contributed by atoms with Crippen LogP contribution in [0.4, 0.5) is 5.69 Å². The second-order valence-corrected chi connectivity index (χ2v) is 5.07. The summed E-state index contributed by atoms with van der Waals surface area (Å²) in [6.07, 6.45) is 0. The van der Waals surface area contributed by atoms with E-state index in [1.54, 1.807) is 11.0 Å². The Bertz CT molecular complexity index is 516. The molecule has 18 heavy (non-hydrogen) atoms. The molecule has 0 aromatic heterocycles. The van der Waals surface area contributed by atoms with Crippen LogP contribution >= 0.6 is 0 Å². The van der Waals surface area contributed by atoms with Crippen molar-refractivity contribution < 1.29 is 4.79 Å². The van der Waals surface area contributed by atoms with Crippen LogP contribution in [0.3, 0.4) is 0 Å². The van der Waals surface area contributed by atoms with Gasteiger partial charge in [-0.15, -0.1) is 0 Å². The van der Waals surface area contributed by atoms with Gasteiger partial charge in [0.25, 0.3) is 0 Å². The van der Waals surface area contributed by atoms with Crippen molar-refractivity contribution in [3.05, 3.63) is 29.8 Å². The summed E-state index contributed by atoms with van der Waals surface area (Å²) in [5.41, 5.74) is 0.842. The number of carbonyl (C=O) groups is 1. The molecule has 1 aromatic rings. The van der Waals surface area contributed by atoms with Gasteiger partial charge in [0.1, 0.15) is 11.6 Å². The number of nitriles is 1. The van der Waals surface area contributed by atoms with Crippen LogP contribution in [0.15, 0.2) is 24.3 Å². The standard InChI is InChI=1S/C14H17N3O/c1-14(2)13(18)16(3)8-9-17(14)12-7-5-4-6-11(12)10-15/h4-7H,8-9H2,1-3H3. The molecule has 4 nitrogen and oxygen atoms in total. The Kier molecular flexibility index (Phi) is 3.00. The summed E-state index contributed by atoms with van der Waals surface area (Å²) in [4.78, 5) is 16.0. The van der Waals surface area contributed by atoms with Crippen molar-refractivity contribution in [2.24, 2.45) is 0 Å². The highest BCUT2D eigenvalue weighted by atomic mass is 16.2. The van der Waals surface area contributed by atoms with Gasteiger partial charge in [-0.3, -0.25) is 4.79 Å². The summed E-state index contributed by atoms with van der Waals surface area (Å²) in [5, 5.41) is 9.17. The lowest BCUT2D eigenvalue weighted by Gasteiger charge is -2.46. The van der Waals surface area contributed by atoms with E-state index in [4.69, 9.17) is 5.26 Å². The van der Waals surface area contributed by atoms with Crippen molar-refractivity contribution in [3.63, 3.8) is 0 Å². The number of amides is 1. The molecule has 0 unspecified atom stereocenters. The lowest BCUT2D eigenvalue weighted by atomic mass is 9.96. The first-order valence-electron chi connectivity index (χ1n) is 6.01. The minimum atomic E-state index is -0.611. The fraction of sp³-hybridized carbons (Fsp3) is 0.429. The van der Waals surface area contributed by atoms with Crippen molar-refractivity contribution >= 4 is 11.6 Å². The highest BCUT2D eigenvalue weighted by molar-refractivity contribution is 5.90. The fourth-order valence-electron chi connectivity index (χ4n) is 2.44. The summed E-state index contributed by atoms with van der Waals surface area (Å²) in [6.45, 7) is 5.23. The molecule has 2 rings (SSSR count). The van der Waals surface area contributed by atoms with E-state index in [-0.39, 0.29) is 5.91 Å². The molecule has 1 heterocycles. The van der Waals surface area contributed by atoms with E-state index in [1.165, 1.54) is 0 Å². The van der Waals surface area contributed by atoms with E-state index < -0.39 is 5.54 Å². The predicted molar refractivity (Wildman–Crippen MR) is 70.2 cm³/mol. The minimum absolute atomic E-state index is 0.0847. The third kappa shape index (κ3) is 1.82. The van der Waals surface area contributed by atoms with Crippen molar-refractivity contribution in [1.82, 2.24) is 4.90 Å². The average Bonchev–Trinajstić information content (AvgIpc) is 2.36. The van der Waals surface area contributed by atoms with Crippen molar-refractivity contribution in [2.45, 2.75) is 19.4 Å². The summed E-state index contributed by atoms with van der Waals surface area (Å²) in [6, 6.07) is 9.62. The average molecular weight is 243 g/mol. The van der Waals surface area contributed by atoms with E-state index >= 15 is 0 Å². The molecule has 1 aliphatic rings. The number of nitrogens with zero attached hydrogens (tertiary/aromatic N) is 3. The molecular weight excluding hydrogens is 226 g/mol.